The van der Waals surface area contributed by atoms with Crippen LogP contribution >= 0.6 is 0 Å². The minimum atomic E-state index is -0.400. The van der Waals surface area contributed by atoms with Crippen LogP contribution in [0.15, 0.2) is 24.3 Å². The lowest BCUT2D eigenvalue weighted by molar-refractivity contribution is -0.126. The van der Waals surface area contributed by atoms with Crippen molar-refractivity contribution in [2.45, 2.75) is 32.2 Å². The Balaban J connectivity index is 1.78. The molecular formula is C18H27N5O3. The number of anilines is 2. The van der Waals surface area contributed by atoms with Gasteiger partial charge in [0, 0.05) is 36.9 Å². The van der Waals surface area contributed by atoms with Gasteiger partial charge in [0.1, 0.15) is 0 Å². The van der Waals surface area contributed by atoms with Crippen LogP contribution < -0.4 is 26.6 Å². The first kappa shape index (κ1) is 19.7. The van der Waals surface area contributed by atoms with Crippen LogP contribution in [-0.2, 0) is 14.4 Å². The van der Waals surface area contributed by atoms with Crippen molar-refractivity contribution in [1.82, 2.24) is 10.6 Å². The molecule has 0 bridgehead atoms. The molecule has 1 fully saturated rings. The molecule has 1 aliphatic rings. The minimum absolute atomic E-state index is 0.143. The summed E-state index contributed by atoms with van der Waals surface area (Å²) in [6.07, 6.45) is 2.53. The summed E-state index contributed by atoms with van der Waals surface area (Å²) in [4.78, 5) is 37.2. The average molecular weight is 361 g/mol. The molecule has 1 atom stereocenters. The number of nitrogens with one attached hydrogen (secondary N) is 3. The highest BCUT2D eigenvalue weighted by atomic mass is 16.2. The van der Waals surface area contributed by atoms with Crippen molar-refractivity contribution >= 4 is 29.1 Å². The molecule has 0 saturated carbocycles. The topological polar surface area (TPSA) is 117 Å². The zero-order chi connectivity index (χ0) is 18.9. The summed E-state index contributed by atoms with van der Waals surface area (Å²) in [6, 6.07) is 7.44. The molecule has 8 nitrogen and oxygen atoms in total. The second-order valence-electron chi connectivity index (χ2n) is 6.45. The van der Waals surface area contributed by atoms with E-state index < -0.39 is 5.91 Å². The minimum Gasteiger partial charge on any atom is -0.371 e. The molecule has 3 amide bonds. The second-order valence-corrected chi connectivity index (χ2v) is 6.45. The van der Waals surface area contributed by atoms with Gasteiger partial charge >= 0.3 is 0 Å². The molecule has 0 aromatic heterocycles. The summed E-state index contributed by atoms with van der Waals surface area (Å²) in [5.74, 6) is -0.936. The van der Waals surface area contributed by atoms with E-state index in [1.54, 1.807) is 6.92 Å². The molecule has 26 heavy (non-hydrogen) atoms. The molecule has 5 N–H and O–H groups in total. The van der Waals surface area contributed by atoms with Crippen molar-refractivity contribution in [3.8, 4) is 0 Å². The summed E-state index contributed by atoms with van der Waals surface area (Å²) in [7, 11) is 0. The molecule has 1 aromatic carbocycles. The molecule has 2 rings (SSSR count). The van der Waals surface area contributed by atoms with Crippen molar-refractivity contribution < 1.29 is 14.4 Å². The number of rotatable bonds is 8. The molecule has 1 unspecified atom stereocenters. The summed E-state index contributed by atoms with van der Waals surface area (Å²) in [5, 5.41) is 7.92. The molecule has 142 valence electrons. The zero-order valence-corrected chi connectivity index (χ0v) is 15.1. The van der Waals surface area contributed by atoms with Crippen molar-refractivity contribution in [2.24, 2.45) is 5.73 Å². The SMILES string of the molecule is CC(CC(=O)Nc1cccc(N2CCCC2)c1)NC(=O)CNC(=O)CN. The van der Waals surface area contributed by atoms with Crippen molar-refractivity contribution in [3.05, 3.63) is 24.3 Å². The summed E-state index contributed by atoms with van der Waals surface area (Å²) in [5.41, 5.74) is 7.00. The lowest BCUT2D eigenvalue weighted by atomic mass is 10.2. The summed E-state index contributed by atoms with van der Waals surface area (Å²) in [6.45, 7) is 3.51. The van der Waals surface area contributed by atoms with Crippen LogP contribution in [0.1, 0.15) is 26.2 Å². The van der Waals surface area contributed by atoms with Crippen molar-refractivity contribution in [2.75, 3.05) is 36.4 Å². The van der Waals surface area contributed by atoms with Gasteiger partial charge in [-0.25, -0.2) is 0 Å². The number of hydrogen-bond donors (Lipinski definition) is 4. The third-order valence-corrected chi connectivity index (χ3v) is 4.13. The Morgan fingerprint density at radius 3 is 2.58 bits per heavy atom. The maximum Gasteiger partial charge on any atom is 0.239 e. The summed E-state index contributed by atoms with van der Waals surface area (Å²) >= 11 is 0. The fourth-order valence-corrected chi connectivity index (χ4v) is 2.87. The first-order valence-corrected chi connectivity index (χ1v) is 8.89. The number of hydrogen-bond acceptors (Lipinski definition) is 5. The van der Waals surface area contributed by atoms with E-state index in [1.165, 1.54) is 12.8 Å². The fraction of sp³-hybridized carbons (Fsp3) is 0.500. The molecule has 0 radical (unpaired) electrons. The second kappa shape index (κ2) is 9.76. The van der Waals surface area contributed by atoms with Crippen LogP contribution in [0.5, 0.6) is 0 Å². The van der Waals surface area contributed by atoms with Gasteiger partial charge in [-0.05, 0) is 38.0 Å². The smallest absolute Gasteiger partial charge is 0.239 e. The monoisotopic (exact) mass is 361 g/mol. The number of benzene rings is 1. The van der Waals surface area contributed by atoms with Gasteiger partial charge in [0.05, 0.1) is 13.1 Å². The molecule has 1 aromatic rings. The quantitative estimate of drug-likeness (QED) is 0.528. The van der Waals surface area contributed by atoms with Gasteiger partial charge in [0.15, 0.2) is 0 Å². The lowest BCUT2D eigenvalue weighted by Gasteiger charge is -2.19. The third kappa shape index (κ3) is 6.36. The normalized spacial score (nSPS) is 14.6. The number of amides is 3. The zero-order valence-electron chi connectivity index (χ0n) is 15.1. The van der Waals surface area contributed by atoms with Gasteiger partial charge in [-0.2, -0.15) is 0 Å². The number of carbonyl (C=O) groups is 3. The molecule has 8 heteroatoms. The van der Waals surface area contributed by atoms with Crippen molar-refractivity contribution in [3.63, 3.8) is 0 Å². The Labute approximate surface area is 153 Å². The van der Waals surface area contributed by atoms with Gasteiger partial charge < -0.3 is 26.6 Å². The van der Waals surface area contributed by atoms with E-state index in [1.807, 2.05) is 24.3 Å². The molecule has 1 aliphatic heterocycles. The Bertz CT molecular complexity index is 643. The highest BCUT2D eigenvalue weighted by Crippen LogP contribution is 2.23. The van der Waals surface area contributed by atoms with Crippen LogP contribution in [-0.4, -0.2) is 49.9 Å². The van der Waals surface area contributed by atoms with Crippen LogP contribution in [0.3, 0.4) is 0 Å². The van der Waals surface area contributed by atoms with Gasteiger partial charge in [-0.15, -0.1) is 0 Å². The largest absolute Gasteiger partial charge is 0.371 e. The Kier molecular flexibility index (Phi) is 7.40. The van der Waals surface area contributed by atoms with E-state index in [0.29, 0.717) is 0 Å². The third-order valence-electron chi connectivity index (χ3n) is 4.13. The molecule has 0 aliphatic carbocycles. The fourth-order valence-electron chi connectivity index (χ4n) is 2.87. The van der Waals surface area contributed by atoms with E-state index in [0.717, 1.165) is 24.5 Å². The highest BCUT2D eigenvalue weighted by molar-refractivity contribution is 5.92. The lowest BCUT2D eigenvalue weighted by Crippen LogP contribution is -2.43. The average Bonchev–Trinajstić information content (AvgIpc) is 3.14. The van der Waals surface area contributed by atoms with Gasteiger partial charge in [-0.1, -0.05) is 6.07 Å². The predicted octanol–water partition coefficient (Wildman–Crippen LogP) is 0.195. The van der Waals surface area contributed by atoms with Crippen LogP contribution in [0, 0.1) is 0 Å². The first-order chi connectivity index (χ1) is 12.5. The standard InChI is InChI=1S/C18H27N5O3/c1-13(21-18(26)12-20-17(25)11-19)9-16(24)22-14-5-4-6-15(10-14)23-7-2-3-8-23/h4-6,10,13H,2-3,7-9,11-12,19H2,1H3,(H,20,25)(H,21,26)(H,22,24). The molecule has 1 saturated heterocycles. The van der Waals surface area contributed by atoms with Gasteiger partial charge in [-0.3, -0.25) is 14.4 Å². The molecule has 0 spiro atoms. The maximum absolute atomic E-state index is 12.2. The summed E-state index contributed by atoms with van der Waals surface area (Å²) < 4.78 is 0. The van der Waals surface area contributed by atoms with Crippen LogP contribution in [0.2, 0.25) is 0 Å². The molecular weight excluding hydrogens is 334 g/mol. The predicted molar refractivity (Wildman–Crippen MR) is 101 cm³/mol. The maximum atomic E-state index is 12.2. The first-order valence-electron chi connectivity index (χ1n) is 8.89. The van der Waals surface area contributed by atoms with E-state index in [2.05, 4.69) is 20.9 Å². The van der Waals surface area contributed by atoms with Crippen molar-refractivity contribution in [1.29, 1.82) is 0 Å². The number of nitrogens with zero attached hydrogens (tertiary/aromatic N) is 1. The van der Waals surface area contributed by atoms with Gasteiger partial charge in [0.25, 0.3) is 0 Å². The van der Waals surface area contributed by atoms with E-state index in [-0.39, 0.29) is 37.4 Å². The highest BCUT2D eigenvalue weighted by Gasteiger charge is 2.15. The van der Waals surface area contributed by atoms with Crippen LogP contribution in [0.25, 0.3) is 0 Å². The Morgan fingerprint density at radius 1 is 1.15 bits per heavy atom. The Morgan fingerprint density at radius 2 is 1.88 bits per heavy atom. The van der Waals surface area contributed by atoms with Crippen LogP contribution in [0.4, 0.5) is 11.4 Å². The van der Waals surface area contributed by atoms with E-state index in [4.69, 9.17) is 5.73 Å². The number of carbonyl (C=O) groups excluding carboxylic acids is 3. The van der Waals surface area contributed by atoms with E-state index in [9.17, 15) is 14.4 Å². The van der Waals surface area contributed by atoms with E-state index >= 15 is 0 Å². The number of nitrogens with two attached hydrogens (primary N) is 1. The van der Waals surface area contributed by atoms with Gasteiger partial charge in [0.2, 0.25) is 17.7 Å². The molecule has 1 heterocycles. The Hall–Kier alpha value is -2.61.